The van der Waals surface area contributed by atoms with Crippen LogP contribution in [0.3, 0.4) is 0 Å². The van der Waals surface area contributed by atoms with Crippen LogP contribution in [0.4, 0.5) is 11.1 Å². The molecular formula is C7H14N4OS. The van der Waals surface area contributed by atoms with Gasteiger partial charge in [0.15, 0.2) is 0 Å². The molecule has 6 heteroatoms. The second-order valence-electron chi connectivity index (χ2n) is 3.14. The van der Waals surface area contributed by atoms with Crippen LogP contribution in [0.1, 0.15) is 13.8 Å². The fourth-order valence-electron chi connectivity index (χ4n) is 0.875. The second kappa shape index (κ2) is 4.38. The molecule has 0 amide bonds. The third-order valence-electron chi connectivity index (χ3n) is 1.75. The van der Waals surface area contributed by atoms with E-state index in [-0.39, 0.29) is 18.6 Å². The topological polar surface area (TPSA) is 84.1 Å². The maximum atomic E-state index is 9.03. The summed E-state index contributed by atoms with van der Waals surface area (Å²) in [5.41, 5.74) is 5.36. The summed E-state index contributed by atoms with van der Waals surface area (Å²) in [4.78, 5) is 3.94. The summed E-state index contributed by atoms with van der Waals surface area (Å²) in [6.07, 6.45) is 0. The van der Waals surface area contributed by atoms with Crippen molar-refractivity contribution < 1.29 is 5.11 Å². The molecule has 0 bridgehead atoms. The maximum absolute atomic E-state index is 9.03. The molecule has 1 aromatic rings. The summed E-state index contributed by atoms with van der Waals surface area (Å²) in [5, 5.41) is 12.7. The lowest BCUT2D eigenvalue weighted by molar-refractivity contribution is 0.249. The smallest absolute Gasteiger partial charge is 0.233 e. The number of anilines is 2. The number of hydrogen-bond donors (Lipinski definition) is 3. The first kappa shape index (κ1) is 10.2. The minimum atomic E-state index is 0.00681. The summed E-state index contributed by atoms with van der Waals surface area (Å²) in [7, 11) is 0. The van der Waals surface area contributed by atoms with Crippen molar-refractivity contribution in [1.82, 2.24) is 9.36 Å². The minimum absolute atomic E-state index is 0.00681. The minimum Gasteiger partial charge on any atom is -0.394 e. The fraction of sp³-hybridized carbons (Fsp3) is 0.714. The molecule has 0 aliphatic rings. The van der Waals surface area contributed by atoms with Crippen LogP contribution in [0.15, 0.2) is 0 Å². The summed E-state index contributed by atoms with van der Waals surface area (Å²) < 4.78 is 3.83. The Balaban J connectivity index is 2.56. The first-order valence-corrected chi connectivity index (χ1v) is 4.87. The Kier molecular flexibility index (Phi) is 3.44. The number of aliphatic hydroxyl groups is 1. The zero-order valence-corrected chi connectivity index (χ0v) is 8.51. The lowest BCUT2D eigenvalue weighted by Gasteiger charge is -2.18. The molecule has 5 nitrogen and oxygen atoms in total. The number of hydrogen-bond acceptors (Lipinski definition) is 6. The molecule has 0 saturated carbocycles. The van der Waals surface area contributed by atoms with Crippen LogP contribution in [0.5, 0.6) is 0 Å². The molecule has 1 aromatic heterocycles. The third-order valence-corrected chi connectivity index (χ3v) is 2.41. The fourth-order valence-corrected chi connectivity index (χ4v) is 1.43. The molecule has 74 valence electrons. The van der Waals surface area contributed by atoms with Crippen LogP contribution in [0.25, 0.3) is 0 Å². The number of rotatable bonds is 4. The first-order chi connectivity index (χ1) is 6.13. The molecule has 0 radical (unpaired) electrons. The van der Waals surface area contributed by atoms with Crippen LogP contribution >= 0.6 is 11.5 Å². The van der Waals surface area contributed by atoms with E-state index in [9.17, 15) is 0 Å². The van der Waals surface area contributed by atoms with Crippen molar-refractivity contribution in [3.05, 3.63) is 0 Å². The molecule has 0 spiro atoms. The van der Waals surface area contributed by atoms with Crippen molar-refractivity contribution >= 4 is 22.6 Å². The van der Waals surface area contributed by atoms with E-state index in [1.54, 1.807) is 0 Å². The molecule has 0 saturated heterocycles. The Morgan fingerprint density at radius 1 is 1.62 bits per heavy atom. The molecule has 1 rings (SSSR count). The highest BCUT2D eigenvalue weighted by molar-refractivity contribution is 7.09. The van der Waals surface area contributed by atoms with Crippen molar-refractivity contribution in [2.24, 2.45) is 5.92 Å². The summed E-state index contributed by atoms with van der Waals surface area (Å²) in [6.45, 7) is 4.13. The van der Waals surface area contributed by atoms with E-state index in [1.165, 1.54) is 11.5 Å². The van der Waals surface area contributed by atoms with Crippen LogP contribution in [0, 0.1) is 5.92 Å². The van der Waals surface area contributed by atoms with Crippen molar-refractivity contribution in [3.8, 4) is 0 Å². The average molecular weight is 202 g/mol. The quantitative estimate of drug-likeness (QED) is 0.664. The predicted molar refractivity (Wildman–Crippen MR) is 53.7 cm³/mol. The van der Waals surface area contributed by atoms with Gasteiger partial charge in [0.05, 0.1) is 12.6 Å². The highest BCUT2D eigenvalue weighted by Crippen LogP contribution is 2.15. The Hall–Kier alpha value is -0.880. The molecule has 0 fully saturated rings. The Morgan fingerprint density at radius 3 is 2.69 bits per heavy atom. The van der Waals surface area contributed by atoms with Gasteiger partial charge in [-0.05, 0) is 5.92 Å². The summed E-state index contributed by atoms with van der Waals surface area (Å²) in [6, 6.07) is 0.00681. The number of aromatic nitrogens is 2. The van der Waals surface area contributed by atoms with E-state index < -0.39 is 0 Å². The normalized spacial score (nSPS) is 13.2. The molecule has 0 aliphatic carbocycles. The van der Waals surface area contributed by atoms with Gasteiger partial charge in [0.2, 0.25) is 11.1 Å². The summed E-state index contributed by atoms with van der Waals surface area (Å²) in [5.74, 6) is 0.614. The molecule has 1 heterocycles. The van der Waals surface area contributed by atoms with Crippen molar-refractivity contribution in [3.63, 3.8) is 0 Å². The summed E-state index contributed by atoms with van der Waals surface area (Å²) >= 11 is 1.20. The van der Waals surface area contributed by atoms with Gasteiger partial charge in [0, 0.05) is 11.5 Å². The Morgan fingerprint density at radius 2 is 2.31 bits per heavy atom. The number of nitrogens with one attached hydrogen (secondary N) is 1. The SMILES string of the molecule is CC(C)C(CO)Nc1nc(N)ns1. The van der Waals surface area contributed by atoms with Gasteiger partial charge in [0.25, 0.3) is 0 Å². The van der Waals surface area contributed by atoms with Crippen molar-refractivity contribution in [1.29, 1.82) is 0 Å². The molecule has 1 atom stereocenters. The standard InChI is InChI=1S/C7H14N4OS/c1-4(2)5(3-12)9-7-10-6(8)11-13-7/h4-5,12H,3H2,1-2H3,(H3,8,9,10,11). The van der Waals surface area contributed by atoms with Gasteiger partial charge in [-0.1, -0.05) is 13.8 Å². The van der Waals surface area contributed by atoms with Crippen molar-refractivity contribution in [2.45, 2.75) is 19.9 Å². The lowest BCUT2D eigenvalue weighted by atomic mass is 10.1. The molecule has 13 heavy (non-hydrogen) atoms. The van der Waals surface area contributed by atoms with Gasteiger partial charge in [-0.2, -0.15) is 9.36 Å². The zero-order valence-electron chi connectivity index (χ0n) is 7.69. The largest absolute Gasteiger partial charge is 0.394 e. The number of nitrogens with two attached hydrogens (primary N) is 1. The maximum Gasteiger partial charge on any atom is 0.233 e. The van der Waals surface area contributed by atoms with E-state index in [0.29, 0.717) is 11.0 Å². The molecule has 4 N–H and O–H groups in total. The number of nitrogens with zero attached hydrogens (tertiary/aromatic N) is 2. The molecule has 0 aliphatic heterocycles. The Bertz CT molecular complexity index is 263. The molecule has 0 aromatic carbocycles. The van der Waals surface area contributed by atoms with E-state index in [2.05, 4.69) is 14.7 Å². The Labute approximate surface area is 81.2 Å². The number of nitrogen functional groups attached to an aromatic ring is 1. The zero-order chi connectivity index (χ0) is 9.84. The van der Waals surface area contributed by atoms with Crippen LogP contribution in [0.2, 0.25) is 0 Å². The van der Waals surface area contributed by atoms with Crippen molar-refractivity contribution in [2.75, 3.05) is 17.7 Å². The first-order valence-electron chi connectivity index (χ1n) is 4.10. The molecular weight excluding hydrogens is 188 g/mol. The van der Waals surface area contributed by atoms with Gasteiger partial charge in [-0.25, -0.2) is 0 Å². The van der Waals surface area contributed by atoms with E-state index in [1.807, 2.05) is 13.8 Å². The molecule has 1 unspecified atom stereocenters. The predicted octanol–water partition coefficient (Wildman–Crippen LogP) is 0.549. The number of aliphatic hydroxyl groups excluding tert-OH is 1. The monoisotopic (exact) mass is 202 g/mol. The van der Waals surface area contributed by atoms with Gasteiger partial charge >= 0.3 is 0 Å². The highest BCUT2D eigenvalue weighted by atomic mass is 32.1. The second-order valence-corrected chi connectivity index (χ2v) is 3.89. The van der Waals surface area contributed by atoms with Gasteiger partial charge in [0.1, 0.15) is 0 Å². The lowest BCUT2D eigenvalue weighted by Crippen LogP contribution is -2.29. The van der Waals surface area contributed by atoms with E-state index in [4.69, 9.17) is 10.8 Å². The van der Waals surface area contributed by atoms with Gasteiger partial charge in [-0.15, -0.1) is 0 Å². The van der Waals surface area contributed by atoms with Crippen LogP contribution < -0.4 is 11.1 Å². The third kappa shape index (κ3) is 2.82. The van der Waals surface area contributed by atoms with E-state index >= 15 is 0 Å². The van der Waals surface area contributed by atoms with Crippen LogP contribution in [-0.2, 0) is 0 Å². The van der Waals surface area contributed by atoms with Gasteiger partial charge < -0.3 is 16.2 Å². The van der Waals surface area contributed by atoms with E-state index in [0.717, 1.165) is 0 Å². The van der Waals surface area contributed by atoms with Crippen LogP contribution in [-0.4, -0.2) is 27.1 Å². The average Bonchev–Trinajstić information content (AvgIpc) is 2.46. The van der Waals surface area contributed by atoms with Gasteiger partial charge in [-0.3, -0.25) is 0 Å². The highest BCUT2D eigenvalue weighted by Gasteiger charge is 2.13.